The predicted octanol–water partition coefficient (Wildman–Crippen LogP) is 5.43. The lowest BCUT2D eigenvalue weighted by molar-refractivity contribution is -0.150. The van der Waals surface area contributed by atoms with E-state index in [9.17, 15) is 13.2 Å². The first kappa shape index (κ1) is 24.5. The van der Waals surface area contributed by atoms with Gasteiger partial charge >= 0.3 is 5.97 Å². The minimum atomic E-state index is -3.98. The van der Waals surface area contributed by atoms with Crippen LogP contribution in [0.25, 0.3) is 0 Å². The smallest absolute Gasteiger partial charge is 0.325 e. The quantitative estimate of drug-likeness (QED) is 0.441. The van der Waals surface area contributed by atoms with Gasteiger partial charge in [0.2, 0.25) is 10.0 Å². The minimum absolute atomic E-state index is 0.0453. The molecule has 1 aliphatic rings. The maximum absolute atomic E-state index is 14.1. The molecule has 0 spiro atoms. The molecule has 3 aromatic carbocycles. The van der Waals surface area contributed by atoms with Gasteiger partial charge < -0.3 is 4.74 Å². The molecule has 0 saturated heterocycles. The highest BCUT2D eigenvalue weighted by Gasteiger charge is 2.41. The number of hydrogen-bond acceptors (Lipinski definition) is 4. The van der Waals surface area contributed by atoms with Crippen molar-refractivity contribution in [1.82, 2.24) is 4.31 Å². The SMILES string of the molecule is Cc1cc(C)c(C)c(S(=O)(=O)N2Cc3ccccc3C[C@H]2C(=O)OCc2ccc(Cl)cc2)c1C. The number of halogens is 1. The summed E-state index contributed by atoms with van der Waals surface area (Å²) in [4.78, 5) is 13.6. The lowest BCUT2D eigenvalue weighted by Gasteiger charge is -2.35. The van der Waals surface area contributed by atoms with Crippen molar-refractivity contribution in [2.45, 2.75) is 58.2 Å². The summed E-state index contributed by atoms with van der Waals surface area (Å²) in [6.45, 7) is 7.61. The molecule has 0 N–H and O–H groups in total. The molecule has 0 amide bonds. The first-order valence-electron chi connectivity index (χ1n) is 11.2. The summed E-state index contributed by atoms with van der Waals surface area (Å²) in [5.41, 5.74) is 5.85. The number of hydrogen-bond donors (Lipinski definition) is 0. The lowest BCUT2D eigenvalue weighted by atomic mass is 9.96. The van der Waals surface area contributed by atoms with Crippen molar-refractivity contribution in [3.8, 4) is 0 Å². The van der Waals surface area contributed by atoms with Crippen molar-refractivity contribution in [2.75, 3.05) is 0 Å². The Labute approximate surface area is 206 Å². The fourth-order valence-electron chi connectivity index (χ4n) is 4.47. The van der Waals surface area contributed by atoms with Gasteiger partial charge in [0.05, 0.1) is 4.90 Å². The molecule has 7 heteroatoms. The van der Waals surface area contributed by atoms with Crippen molar-refractivity contribution in [1.29, 1.82) is 0 Å². The molecule has 1 heterocycles. The lowest BCUT2D eigenvalue weighted by Crippen LogP contribution is -2.49. The van der Waals surface area contributed by atoms with E-state index in [4.69, 9.17) is 16.3 Å². The summed E-state index contributed by atoms with van der Waals surface area (Å²) >= 11 is 5.94. The summed E-state index contributed by atoms with van der Waals surface area (Å²) in [5.74, 6) is -0.562. The van der Waals surface area contributed by atoms with E-state index in [0.29, 0.717) is 16.1 Å². The van der Waals surface area contributed by atoms with Crippen LogP contribution in [0.15, 0.2) is 59.5 Å². The normalized spacial score (nSPS) is 16.2. The number of carbonyl (C=O) groups is 1. The number of fused-ring (bicyclic) bond motifs is 1. The average molecular weight is 498 g/mol. The van der Waals surface area contributed by atoms with Crippen LogP contribution in [0.5, 0.6) is 0 Å². The van der Waals surface area contributed by atoms with E-state index in [1.807, 2.05) is 58.0 Å². The number of esters is 1. The third kappa shape index (κ3) is 4.63. The number of carbonyl (C=O) groups excluding carboxylic acids is 1. The average Bonchev–Trinajstić information content (AvgIpc) is 2.81. The van der Waals surface area contributed by atoms with E-state index < -0.39 is 22.0 Å². The van der Waals surface area contributed by atoms with Crippen LogP contribution in [-0.4, -0.2) is 24.7 Å². The van der Waals surface area contributed by atoms with E-state index in [2.05, 4.69) is 0 Å². The van der Waals surface area contributed by atoms with Gasteiger partial charge in [-0.25, -0.2) is 8.42 Å². The number of rotatable bonds is 5. The van der Waals surface area contributed by atoms with Gasteiger partial charge in [0.15, 0.2) is 0 Å². The summed E-state index contributed by atoms with van der Waals surface area (Å²) in [7, 11) is -3.98. The predicted molar refractivity (Wildman–Crippen MR) is 133 cm³/mol. The number of aryl methyl sites for hydroxylation is 2. The van der Waals surface area contributed by atoms with Gasteiger partial charge in [-0.15, -0.1) is 0 Å². The van der Waals surface area contributed by atoms with E-state index in [-0.39, 0.29) is 24.5 Å². The van der Waals surface area contributed by atoms with Crippen molar-refractivity contribution in [3.05, 3.63) is 98.6 Å². The van der Waals surface area contributed by atoms with Gasteiger partial charge in [-0.3, -0.25) is 4.79 Å². The molecule has 0 radical (unpaired) electrons. The molecule has 3 aromatic rings. The number of ether oxygens (including phenoxy) is 1. The van der Waals surface area contributed by atoms with Gasteiger partial charge in [-0.1, -0.05) is 54.1 Å². The second-order valence-electron chi connectivity index (χ2n) is 8.86. The zero-order chi connectivity index (χ0) is 24.6. The molecule has 34 heavy (non-hydrogen) atoms. The molecule has 0 aliphatic carbocycles. The van der Waals surface area contributed by atoms with Crippen LogP contribution >= 0.6 is 11.6 Å². The second kappa shape index (κ2) is 9.53. The molecular formula is C27H28ClNO4S. The van der Waals surface area contributed by atoms with Crippen LogP contribution in [0.4, 0.5) is 0 Å². The Morgan fingerprint density at radius 1 is 0.971 bits per heavy atom. The molecule has 0 unspecified atom stereocenters. The van der Waals surface area contributed by atoms with Crippen molar-refractivity contribution >= 4 is 27.6 Å². The van der Waals surface area contributed by atoms with Crippen molar-refractivity contribution < 1.29 is 17.9 Å². The van der Waals surface area contributed by atoms with E-state index in [1.54, 1.807) is 24.3 Å². The van der Waals surface area contributed by atoms with Crippen LogP contribution in [-0.2, 0) is 39.1 Å². The Hall–Kier alpha value is -2.67. The van der Waals surface area contributed by atoms with Gasteiger partial charge in [-0.05, 0) is 78.8 Å². The summed E-state index contributed by atoms with van der Waals surface area (Å²) in [6.07, 6.45) is 0.262. The minimum Gasteiger partial charge on any atom is -0.460 e. The second-order valence-corrected chi connectivity index (χ2v) is 11.1. The molecular weight excluding hydrogens is 470 g/mol. The standard InChI is InChI=1S/C27H28ClNO4S/c1-17-13-18(2)20(4)26(19(17)3)34(31,32)29-15-23-8-6-5-7-22(23)14-25(29)27(30)33-16-21-9-11-24(28)12-10-21/h5-13,25H,14-16H2,1-4H3/t25-/m0/s1. The fourth-order valence-corrected chi connectivity index (χ4v) is 6.73. The molecule has 0 fully saturated rings. The topological polar surface area (TPSA) is 63.7 Å². The van der Waals surface area contributed by atoms with Crippen LogP contribution in [0, 0.1) is 27.7 Å². The Morgan fingerprint density at radius 3 is 2.18 bits per heavy atom. The highest BCUT2D eigenvalue weighted by atomic mass is 35.5. The molecule has 0 bridgehead atoms. The number of benzene rings is 3. The Morgan fingerprint density at radius 2 is 1.56 bits per heavy atom. The summed E-state index contributed by atoms with van der Waals surface area (Å²) in [6, 6.07) is 15.7. The van der Waals surface area contributed by atoms with Gasteiger partial charge in [0, 0.05) is 18.0 Å². The highest BCUT2D eigenvalue weighted by Crippen LogP contribution is 2.34. The molecule has 0 saturated carbocycles. The monoisotopic (exact) mass is 497 g/mol. The fraction of sp³-hybridized carbons (Fsp3) is 0.296. The van der Waals surface area contributed by atoms with Crippen LogP contribution in [0.1, 0.15) is 38.9 Å². The Bertz CT molecular complexity index is 1320. The summed E-state index contributed by atoms with van der Waals surface area (Å²) in [5, 5.41) is 0.593. The zero-order valence-electron chi connectivity index (χ0n) is 19.8. The van der Waals surface area contributed by atoms with Crippen LogP contribution in [0.2, 0.25) is 5.02 Å². The molecule has 178 valence electrons. The molecule has 4 rings (SSSR count). The first-order valence-corrected chi connectivity index (χ1v) is 13.0. The molecule has 1 aliphatic heterocycles. The van der Waals surface area contributed by atoms with Crippen molar-refractivity contribution in [2.24, 2.45) is 0 Å². The largest absolute Gasteiger partial charge is 0.460 e. The maximum atomic E-state index is 14.1. The third-order valence-corrected chi connectivity index (χ3v) is 9.02. The van der Waals surface area contributed by atoms with Gasteiger partial charge in [0.25, 0.3) is 0 Å². The van der Waals surface area contributed by atoms with Crippen LogP contribution in [0.3, 0.4) is 0 Å². The van der Waals surface area contributed by atoms with E-state index in [1.165, 1.54) is 4.31 Å². The molecule has 0 aromatic heterocycles. The Kier molecular flexibility index (Phi) is 6.85. The van der Waals surface area contributed by atoms with E-state index >= 15 is 0 Å². The third-order valence-electron chi connectivity index (χ3n) is 6.64. The van der Waals surface area contributed by atoms with Gasteiger partial charge in [0.1, 0.15) is 12.6 Å². The molecule has 1 atom stereocenters. The maximum Gasteiger partial charge on any atom is 0.325 e. The van der Waals surface area contributed by atoms with Crippen molar-refractivity contribution in [3.63, 3.8) is 0 Å². The number of nitrogens with zero attached hydrogens (tertiary/aromatic N) is 1. The van der Waals surface area contributed by atoms with Gasteiger partial charge in [-0.2, -0.15) is 4.31 Å². The molecule has 5 nitrogen and oxygen atoms in total. The zero-order valence-corrected chi connectivity index (χ0v) is 21.3. The van der Waals surface area contributed by atoms with E-state index in [0.717, 1.165) is 27.8 Å². The van der Waals surface area contributed by atoms with Crippen LogP contribution < -0.4 is 0 Å². The Balaban J connectivity index is 1.72. The number of sulfonamides is 1. The summed E-state index contributed by atoms with van der Waals surface area (Å²) < 4.78 is 35.1. The first-order chi connectivity index (χ1) is 16.1. The highest BCUT2D eigenvalue weighted by molar-refractivity contribution is 7.89.